The fourth-order valence-corrected chi connectivity index (χ4v) is 6.49. The number of para-hydroxylation sites is 1. The number of fused-ring (bicyclic) bond motifs is 2. The maximum Gasteiger partial charge on any atom is 0.225 e. The smallest absolute Gasteiger partial charge is 0.225 e. The number of aryl methyl sites for hydroxylation is 1. The summed E-state index contributed by atoms with van der Waals surface area (Å²) in [6.07, 6.45) is 2.41. The number of rotatable bonds is 6. The molecular weight excluding hydrogens is 434 g/mol. The number of hydrogen-bond donors (Lipinski definition) is 3. The van der Waals surface area contributed by atoms with E-state index in [1.165, 1.54) is 0 Å². The fourth-order valence-electron chi connectivity index (χ4n) is 5.43. The summed E-state index contributed by atoms with van der Waals surface area (Å²) in [6.45, 7) is 6.95. The predicted octanol–water partition coefficient (Wildman–Crippen LogP) is 5.08. The van der Waals surface area contributed by atoms with Gasteiger partial charge in [0.15, 0.2) is 0 Å². The third-order valence-corrected chi connectivity index (χ3v) is 8.78. The van der Waals surface area contributed by atoms with E-state index in [4.69, 9.17) is 19.4 Å². The van der Waals surface area contributed by atoms with Crippen LogP contribution in [0.1, 0.15) is 31.7 Å². The summed E-state index contributed by atoms with van der Waals surface area (Å²) in [6, 6.07) is 12.2. The molecule has 7 nitrogen and oxygen atoms in total. The summed E-state index contributed by atoms with van der Waals surface area (Å²) in [7, 11) is 0. The minimum atomic E-state index is -0.188. The number of anilines is 2. The van der Waals surface area contributed by atoms with Gasteiger partial charge >= 0.3 is 0 Å². The van der Waals surface area contributed by atoms with Crippen molar-refractivity contribution in [2.24, 2.45) is 17.3 Å². The molecule has 3 heterocycles. The first-order valence-corrected chi connectivity index (χ1v) is 12.2. The Labute approximate surface area is 196 Å². The van der Waals surface area contributed by atoms with Crippen molar-refractivity contribution in [1.82, 2.24) is 15.0 Å². The zero-order valence-electron chi connectivity index (χ0n) is 18.9. The Bertz CT molecular complexity index is 1290. The Balaban J connectivity index is 1.37. The first-order valence-electron chi connectivity index (χ1n) is 11.4. The lowest BCUT2D eigenvalue weighted by Crippen LogP contribution is -2.31. The van der Waals surface area contributed by atoms with Gasteiger partial charge in [0.25, 0.3) is 0 Å². The van der Waals surface area contributed by atoms with Crippen molar-refractivity contribution < 1.29 is 9.52 Å². The topological polar surface area (TPSA) is 96.1 Å². The number of thiazole rings is 1. The van der Waals surface area contributed by atoms with Crippen LogP contribution in [-0.2, 0) is 6.54 Å². The average Bonchev–Trinajstić information content (AvgIpc) is 3.31. The van der Waals surface area contributed by atoms with Gasteiger partial charge in [-0.2, -0.15) is 4.98 Å². The second-order valence-electron chi connectivity index (χ2n) is 9.47. The van der Waals surface area contributed by atoms with Gasteiger partial charge < -0.3 is 20.2 Å². The molecule has 8 heteroatoms. The summed E-state index contributed by atoms with van der Waals surface area (Å²) in [4.78, 5) is 14.5. The molecule has 33 heavy (non-hydrogen) atoms. The van der Waals surface area contributed by atoms with Crippen molar-refractivity contribution in [3.05, 3.63) is 54.1 Å². The van der Waals surface area contributed by atoms with Crippen LogP contribution in [0.4, 0.5) is 11.8 Å². The molecule has 0 bridgehead atoms. The number of aliphatic hydroxyl groups excluding tert-OH is 1. The standard InChI is InChI=1S/C25H27N5O2S/c1-13-18(11-16-21(31)25(13,16)3)28-22-20(23-29-17-8-4-5-9-19(17)33-23)14(2)27-24(30-22)26-12-15-7-6-10-32-15/h4-10,13,16,18,21,31H,11-12H2,1-3H3,(H2,26,27,28,30). The van der Waals surface area contributed by atoms with Crippen LogP contribution in [0, 0.1) is 24.2 Å². The predicted molar refractivity (Wildman–Crippen MR) is 130 cm³/mol. The quantitative estimate of drug-likeness (QED) is 0.368. The number of furan rings is 1. The van der Waals surface area contributed by atoms with E-state index in [1.54, 1.807) is 17.6 Å². The van der Waals surface area contributed by atoms with Crippen molar-refractivity contribution in [3.63, 3.8) is 0 Å². The number of nitrogens with zero attached hydrogens (tertiary/aromatic N) is 3. The van der Waals surface area contributed by atoms with Gasteiger partial charge in [0.05, 0.1) is 40.4 Å². The molecule has 2 aliphatic rings. The van der Waals surface area contributed by atoms with Crippen molar-refractivity contribution in [2.75, 3.05) is 10.6 Å². The van der Waals surface area contributed by atoms with E-state index >= 15 is 0 Å². The maximum absolute atomic E-state index is 10.3. The lowest BCUT2D eigenvalue weighted by Gasteiger charge is -2.26. The maximum atomic E-state index is 10.3. The molecular formula is C25H27N5O2S. The third-order valence-electron chi connectivity index (χ3n) is 7.72. The van der Waals surface area contributed by atoms with E-state index in [-0.39, 0.29) is 17.6 Å². The Kier molecular flexibility index (Phi) is 4.71. The highest BCUT2D eigenvalue weighted by molar-refractivity contribution is 7.21. The SMILES string of the molecule is Cc1nc(NCc2ccco2)nc(NC2CC3C(O)C3(C)C2C)c1-c1nc2ccccc2s1. The van der Waals surface area contributed by atoms with Crippen LogP contribution in [0.2, 0.25) is 0 Å². The molecule has 170 valence electrons. The van der Waals surface area contributed by atoms with E-state index in [2.05, 4.69) is 30.5 Å². The second kappa shape index (κ2) is 7.53. The van der Waals surface area contributed by atoms with E-state index < -0.39 is 0 Å². The summed E-state index contributed by atoms with van der Waals surface area (Å²) < 4.78 is 6.58. The molecule has 4 aromatic rings. The minimum absolute atomic E-state index is 0.00384. The van der Waals surface area contributed by atoms with Crippen LogP contribution in [0.25, 0.3) is 20.8 Å². The molecule has 3 aromatic heterocycles. The molecule has 0 spiro atoms. The summed E-state index contributed by atoms with van der Waals surface area (Å²) in [5.74, 6) is 2.87. The normalized spacial score (nSPS) is 28.1. The highest BCUT2D eigenvalue weighted by Crippen LogP contribution is 2.66. The molecule has 3 N–H and O–H groups in total. The van der Waals surface area contributed by atoms with Crippen LogP contribution < -0.4 is 10.6 Å². The molecule has 0 aliphatic heterocycles. The largest absolute Gasteiger partial charge is 0.467 e. The van der Waals surface area contributed by atoms with E-state index in [9.17, 15) is 5.11 Å². The Hall–Kier alpha value is -2.97. The molecule has 5 unspecified atom stereocenters. The number of aromatic nitrogens is 3. The number of aliphatic hydroxyl groups is 1. The Morgan fingerprint density at radius 1 is 1.18 bits per heavy atom. The lowest BCUT2D eigenvalue weighted by atomic mass is 9.90. The van der Waals surface area contributed by atoms with Crippen molar-refractivity contribution in [3.8, 4) is 10.6 Å². The average molecular weight is 462 g/mol. The fraction of sp³-hybridized carbons (Fsp3) is 0.400. The van der Waals surface area contributed by atoms with Crippen LogP contribution in [0.15, 0.2) is 47.1 Å². The molecule has 0 amide bonds. The molecule has 5 atom stereocenters. The highest BCUT2D eigenvalue weighted by atomic mass is 32.1. The van der Waals surface area contributed by atoms with Crippen molar-refractivity contribution >= 4 is 33.3 Å². The summed E-state index contributed by atoms with van der Waals surface area (Å²) in [5.41, 5.74) is 2.79. The zero-order chi connectivity index (χ0) is 22.7. The van der Waals surface area contributed by atoms with Crippen LogP contribution in [0.5, 0.6) is 0 Å². The van der Waals surface area contributed by atoms with Gasteiger partial charge in [0.1, 0.15) is 16.6 Å². The third kappa shape index (κ3) is 3.31. The van der Waals surface area contributed by atoms with Gasteiger partial charge in [0.2, 0.25) is 5.95 Å². The number of benzene rings is 1. The zero-order valence-corrected chi connectivity index (χ0v) is 19.7. The molecule has 2 saturated carbocycles. The van der Waals surface area contributed by atoms with Crippen LogP contribution in [-0.4, -0.2) is 32.2 Å². The summed E-state index contributed by atoms with van der Waals surface area (Å²) in [5, 5.41) is 18.3. The first kappa shape index (κ1) is 20.6. The van der Waals surface area contributed by atoms with Gasteiger partial charge in [-0.15, -0.1) is 11.3 Å². The van der Waals surface area contributed by atoms with E-state index in [0.717, 1.165) is 44.5 Å². The van der Waals surface area contributed by atoms with E-state index in [1.807, 2.05) is 37.3 Å². The minimum Gasteiger partial charge on any atom is -0.467 e. The van der Waals surface area contributed by atoms with Gasteiger partial charge in [0, 0.05) is 11.5 Å². The Morgan fingerprint density at radius 2 is 2.03 bits per heavy atom. The molecule has 2 fully saturated rings. The first-order chi connectivity index (χ1) is 15.9. The summed E-state index contributed by atoms with van der Waals surface area (Å²) >= 11 is 1.66. The molecule has 0 radical (unpaired) electrons. The number of hydrogen-bond acceptors (Lipinski definition) is 8. The van der Waals surface area contributed by atoms with Gasteiger partial charge in [-0.1, -0.05) is 26.0 Å². The van der Waals surface area contributed by atoms with Crippen LogP contribution >= 0.6 is 11.3 Å². The molecule has 1 aromatic carbocycles. The molecule has 0 saturated heterocycles. The number of nitrogens with one attached hydrogen (secondary N) is 2. The van der Waals surface area contributed by atoms with Gasteiger partial charge in [-0.3, -0.25) is 0 Å². The second-order valence-corrected chi connectivity index (χ2v) is 10.5. The van der Waals surface area contributed by atoms with Crippen molar-refractivity contribution in [2.45, 2.75) is 45.9 Å². The van der Waals surface area contributed by atoms with Gasteiger partial charge in [-0.25, -0.2) is 9.97 Å². The lowest BCUT2D eigenvalue weighted by molar-refractivity contribution is 0.175. The Morgan fingerprint density at radius 3 is 2.76 bits per heavy atom. The van der Waals surface area contributed by atoms with E-state index in [0.29, 0.717) is 24.3 Å². The van der Waals surface area contributed by atoms with Gasteiger partial charge in [-0.05, 0) is 49.4 Å². The molecule has 6 rings (SSSR count). The van der Waals surface area contributed by atoms with Crippen LogP contribution in [0.3, 0.4) is 0 Å². The van der Waals surface area contributed by atoms with Crippen molar-refractivity contribution in [1.29, 1.82) is 0 Å². The highest BCUT2D eigenvalue weighted by Gasteiger charge is 2.69. The monoisotopic (exact) mass is 461 g/mol. The molecule has 2 aliphatic carbocycles.